The number of hydrogen-bond donors (Lipinski definition) is 0. The number of aromatic nitrogens is 2. The number of fused-ring (bicyclic) bond motifs is 1. The first-order chi connectivity index (χ1) is 13.5. The number of esters is 2. The minimum atomic E-state index is -0.519. The lowest BCUT2D eigenvalue weighted by Crippen LogP contribution is -2.17. The number of nitrogens with zero attached hydrogens (tertiary/aromatic N) is 2. The maximum atomic E-state index is 12.8. The van der Waals surface area contributed by atoms with Crippen LogP contribution in [0.5, 0.6) is 0 Å². The van der Waals surface area contributed by atoms with Crippen LogP contribution in [0.25, 0.3) is 22.0 Å². The van der Waals surface area contributed by atoms with Crippen LogP contribution >= 0.6 is 0 Å². The Balaban J connectivity index is 2.45. The molecule has 6 heteroatoms. The van der Waals surface area contributed by atoms with Crippen LogP contribution in [0.4, 0.5) is 0 Å². The van der Waals surface area contributed by atoms with Crippen LogP contribution < -0.4 is 0 Å². The van der Waals surface area contributed by atoms with Gasteiger partial charge in [0.1, 0.15) is 0 Å². The van der Waals surface area contributed by atoms with E-state index in [1.165, 1.54) is 0 Å². The van der Waals surface area contributed by atoms with E-state index < -0.39 is 11.9 Å². The summed E-state index contributed by atoms with van der Waals surface area (Å²) in [5, 5.41) is 0.825. The Morgan fingerprint density at radius 1 is 0.893 bits per heavy atom. The van der Waals surface area contributed by atoms with Crippen molar-refractivity contribution in [3.05, 3.63) is 59.0 Å². The van der Waals surface area contributed by atoms with E-state index in [-0.39, 0.29) is 24.3 Å². The summed E-state index contributed by atoms with van der Waals surface area (Å²) in [6.45, 7) is 7.39. The van der Waals surface area contributed by atoms with Gasteiger partial charge in [-0.2, -0.15) is 0 Å². The summed E-state index contributed by atoms with van der Waals surface area (Å²) < 4.78 is 10.5. The van der Waals surface area contributed by atoms with E-state index in [1.54, 1.807) is 40.0 Å². The smallest absolute Gasteiger partial charge is 0.340 e. The molecule has 28 heavy (non-hydrogen) atoms. The molecule has 3 rings (SSSR count). The predicted molar refractivity (Wildman–Crippen MR) is 106 cm³/mol. The van der Waals surface area contributed by atoms with Crippen LogP contribution in [0.1, 0.15) is 46.0 Å². The second-order valence-corrected chi connectivity index (χ2v) is 6.22. The number of hydrogen-bond acceptors (Lipinski definition) is 6. The summed E-state index contributed by atoms with van der Waals surface area (Å²) in [5.74, 6) is -1.04. The van der Waals surface area contributed by atoms with Gasteiger partial charge in [-0.05, 0) is 45.4 Å². The molecule has 6 nitrogen and oxygen atoms in total. The summed E-state index contributed by atoms with van der Waals surface area (Å²) in [5.41, 5.74) is 3.49. The summed E-state index contributed by atoms with van der Waals surface area (Å²) in [6, 6.07) is 9.37. The van der Waals surface area contributed by atoms with Gasteiger partial charge in [0.05, 0.1) is 41.2 Å². The molecule has 0 N–H and O–H groups in total. The number of pyridine rings is 2. The second-order valence-electron chi connectivity index (χ2n) is 6.22. The fraction of sp³-hybridized carbons (Fsp3) is 0.273. The zero-order valence-electron chi connectivity index (χ0n) is 16.4. The SMILES string of the molecule is CCOC(=O)c1c(C)nc(C)c(C(=O)OCC)c1-c1ccnc2ccccc12. The minimum Gasteiger partial charge on any atom is -0.462 e. The average molecular weight is 378 g/mol. The Labute approximate surface area is 163 Å². The van der Waals surface area contributed by atoms with E-state index in [9.17, 15) is 9.59 Å². The summed E-state index contributed by atoms with van der Waals surface area (Å²) in [4.78, 5) is 34.4. The Kier molecular flexibility index (Phi) is 5.68. The Bertz CT molecular complexity index is 1010. The van der Waals surface area contributed by atoms with E-state index in [2.05, 4.69) is 9.97 Å². The van der Waals surface area contributed by atoms with Crippen molar-refractivity contribution >= 4 is 22.8 Å². The van der Waals surface area contributed by atoms with E-state index in [1.807, 2.05) is 24.3 Å². The molecule has 0 aliphatic heterocycles. The molecule has 0 bridgehead atoms. The van der Waals surface area contributed by atoms with Gasteiger partial charge in [-0.25, -0.2) is 9.59 Å². The molecule has 0 amide bonds. The molecule has 0 spiro atoms. The van der Waals surface area contributed by atoms with Crippen molar-refractivity contribution in [3.8, 4) is 11.1 Å². The van der Waals surface area contributed by atoms with E-state index in [4.69, 9.17) is 9.47 Å². The highest BCUT2D eigenvalue weighted by molar-refractivity contribution is 6.11. The topological polar surface area (TPSA) is 78.4 Å². The molecule has 0 fully saturated rings. The van der Waals surface area contributed by atoms with Crippen molar-refractivity contribution < 1.29 is 19.1 Å². The molecule has 0 atom stereocenters. The van der Waals surface area contributed by atoms with E-state index in [0.717, 1.165) is 10.9 Å². The first-order valence-corrected chi connectivity index (χ1v) is 9.19. The lowest BCUT2D eigenvalue weighted by atomic mass is 9.90. The van der Waals surface area contributed by atoms with Crippen LogP contribution in [0.3, 0.4) is 0 Å². The zero-order chi connectivity index (χ0) is 20.3. The molecular formula is C22H22N2O4. The molecule has 2 heterocycles. The van der Waals surface area contributed by atoms with Crippen LogP contribution in [-0.2, 0) is 9.47 Å². The minimum absolute atomic E-state index is 0.220. The predicted octanol–water partition coefficient (Wildman–Crippen LogP) is 4.27. The summed E-state index contributed by atoms with van der Waals surface area (Å²) >= 11 is 0. The van der Waals surface area contributed by atoms with Gasteiger partial charge in [-0.15, -0.1) is 0 Å². The third-order valence-electron chi connectivity index (χ3n) is 4.44. The lowest BCUT2D eigenvalue weighted by molar-refractivity contribution is 0.0525. The molecule has 144 valence electrons. The second kappa shape index (κ2) is 8.17. The number of para-hydroxylation sites is 1. The molecule has 0 unspecified atom stereocenters. The average Bonchev–Trinajstić information content (AvgIpc) is 2.67. The van der Waals surface area contributed by atoms with Crippen molar-refractivity contribution in [3.63, 3.8) is 0 Å². The van der Waals surface area contributed by atoms with Crippen LogP contribution in [0.15, 0.2) is 36.5 Å². The van der Waals surface area contributed by atoms with Gasteiger partial charge in [0, 0.05) is 17.1 Å². The molecule has 0 aliphatic carbocycles. The van der Waals surface area contributed by atoms with Crippen molar-refractivity contribution in [2.24, 2.45) is 0 Å². The molecule has 3 aromatic rings. The number of aryl methyl sites for hydroxylation is 2. The van der Waals surface area contributed by atoms with Crippen molar-refractivity contribution in [2.45, 2.75) is 27.7 Å². The Morgan fingerprint density at radius 2 is 1.46 bits per heavy atom. The molecule has 0 saturated carbocycles. The van der Waals surface area contributed by atoms with Gasteiger partial charge in [0.25, 0.3) is 0 Å². The summed E-state index contributed by atoms with van der Waals surface area (Å²) in [6.07, 6.45) is 1.66. The van der Waals surface area contributed by atoms with Gasteiger partial charge >= 0.3 is 11.9 Å². The highest BCUT2D eigenvalue weighted by Crippen LogP contribution is 2.36. The van der Waals surface area contributed by atoms with Gasteiger partial charge in [0.2, 0.25) is 0 Å². The molecule has 0 saturated heterocycles. The zero-order valence-corrected chi connectivity index (χ0v) is 16.4. The van der Waals surface area contributed by atoms with E-state index in [0.29, 0.717) is 22.5 Å². The first-order valence-electron chi connectivity index (χ1n) is 9.19. The van der Waals surface area contributed by atoms with Gasteiger partial charge in [0.15, 0.2) is 0 Å². The van der Waals surface area contributed by atoms with E-state index >= 15 is 0 Å². The van der Waals surface area contributed by atoms with Gasteiger partial charge in [-0.1, -0.05) is 18.2 Å². The molecule has 2 aromatic heterocycles. The number of carbonyl (C=O) groups is 2. The summed E-state index contributed by atoms with van der Waals surface area (Å²) in [7, 11) is 0. The van der Waals surface area contributed by atoms with Crippen LogP contribution in [-0.4, -0.2) is 35.1 Å². The van der Waals surface area contributed by atoms with Crippen molar-refractivity contribution in [1.82, 2.24) is 9.97 Å². The van der Waals surface area contributed by atoms with Crippen LogP contribution in [0, 0.1) is 13.8 Å². The van der Waals surface area contributed by atoms with Crippen molar-refractivity contribution in [2.75, 3.05) is 13.2 Å². The maximum absolute atomic E-state index is 12.8. The standard InChI is InChI=1S/C22H22N2O4/c1-5-27-21(25)18-13(3)24-14(4)19(22(26)28-6-2)20(18)16-11-12-23-17-10-8-7-9-15(16)17/h7-12H,5-6H2,1-4H3. The lowest BCUT2D eigenvalue weighted by Gasteiger charge is -2.18. The maximum Gasteiger partial charge on any atom is 0.340 e. The highest BCUT2D eigenvalue weighted by atomic mass is 16.5. The molecule has 0 radical (unpaired) electrons. The monoisotopic (exact) mass is 378 g/mol. The third-order valence-corrected chi connectivity index (χ3v) is 4.44. The number of benzene rings is 1. The number of ether oxygens (including phenoxy) is 2. The Hall–Kier alpha value is -3.28. The number of rotatable bonds is 5. The van der Waals surface area contributed by atoms with Gasteiger partial charge < -0.3 is 9.47 Å². The fourth-order valence-corrected chi connectivity index (χ4v) is 3.34. The van der Waals surface area contributed by atoms with Gasteiger partial charge in [-0.3, -0.25) is 9.97 Å². The largest absolute Gasteiger partial charge is 0.462 e. The molecule has 1 aromatic carbocycles. The number of carbonyl (C=O) groups excluding carboxylic acids is 2. The normalized spacial score (nSPS) is 10.7. The Morgan fingerprint density at radius 3 is 2.04 bits per heavy atom. The molecular weight excluding hydrogens is 356 g/mol. The first kappa shape index (κ1) is 19.5. The highest BCUT2D eigenvalue weighted by Gasteiger charge is 2.28. The quantitative estimate of drug-likeness (QED) is 0.617. The third kappa shape index (κ3) is 3.45. The van der Waals surface area contributed by atoms with Crippen LogP contribution in [0.2, 0.25) is 0 Å². The molecule has 0 aliphatic rings. The van der Waals surface area contributed by atoms with Crippen molar-refractivity contribution in [1.29, 1.82) is 0 Å². The fourth-order valence-electron chi connectivity index (χ4n) is 3.34.